The predicted molar refractivity (Wildman–Crippen MR) is 89.9 cm³/mol. The van der Waals surface area contributed by atoms with Gasteiger partial charge in [0.1, 0.15) is 11.6 Å². The van der Waals surface area contributed by atoms with Crippen molar-refractivity contribution >= 4 is 11.6 Å². The molecule has 2 aromatic carbocycles. The number of para-hydroxylation sites is 1. The molecule has 0 aliphatic carbocycles. The highest BCUT2D eigenvalue weighted by molar-refractivity contribution is 6.02. The Bertz CT molecular complexity index is 880. The van der Waals surface area contributed by atoms with E-state index in [1.165, 1.54) is 16.8 Å². The molecule has 1 heterocycles. The molecule has 1 amide bonds. The fourth-order valence-electron chi connectivity index (χ4n) is 2.49. The van der Waals surface area contributed by atoms with Crippen LogP contribution in [0.3, 0.4) is 0 Å². The van der Waals surface area contributed by atoms with E-state index in [0.29, 0.717) is 11.5 Å². The lowest BCUT2D eigenvalue weighted by molar-refractivity contribution is 0.101. The minimum atomic E-state index is -0.378. The first-order valence-corrected chi connectivity index (χ1v) is 7.53. The number of carbonyl (C=O) groups is 1. The fourth-order valence-corrected chi connectivity index (χ4v) is 2.49. The topological polar surface area (TPSA) is 59.8 Å². The number of nitrogens with one attached hydrogen (secondary N) is 1. The van der Waals surface area contributed by atoms with E-state index in [-0.39, 0.29) is 17.5 Å². The lowest BCUT2D eigenvalue weighted by atomic mass is 10.1. The standard InChI is InChI=1S/C18H17FN4O/c1-11-5-4-6-12(2)16(11)21-18(24)17-20-13(3)23(22-17)15-9-7-14(19)8-10-15/h4-10H,1-3H3,(H,21,24). The molecule has 0 aliphatic rings. The third-order valence-electron chi connectivity index (χ3n) is 3.76. The van der Waals surface area contributed by atoms with Gasteiger partial charge in [0.15, 0.2) is 0 Å². The van der Waals surface area contributed by atoms with Crippen LogP contribution in [0.4, 0.5) is 10.1 Å². The van der Waals surface area contributed by atoms with Crippen LogP contribution in [0.15, 0.2) is 42.5 Å². The Balaban J connectivity index is 1.89. The molecule has 0 aliphatic heterocycles. The Morgan fingerprint density at radius 3 is 2.29 bits per heavy atom. The van der Waals surface area contributed by atoms with Crippen LogP contribution in [-0.2, 0) is 0 Å². The molecule has 6 heteroatoms. The van der Waals surface area contributed by atoms with Gasteiger partial charge in [-0.15, -0.1) is 5.10 Å². The third-order valence-corrected chi connectivity index (χ3v) is 3.76. The van der Waals surface area contributed by atoms with Gasteiger partial charge in [-0.2, -0.15) is 0 Å². The second-order valence-corrected chi connectivity index (χ2v) is 5.59. The lowest BCUT2D eigenvalue weighted by Crippen LogP contribution is -2.16. The monoisotopic (exact) mass is 324 g/mol. The highest BCUT2D eigenvalue weighted by Crippen LogP contribution is 2.20. The van der Waals surface area contributed by atoms with E-state index in [9.17, 15) is 9.18 Å². The van der Waals surface area contributed by atoms with E-state index < -0.39 is 0 Å². The summed E-state index contributed by atoms with van der Waals surface area (Å²) in [5.41, 5.74) is 3.35. The summed E-state index contributed by atoms with van der Waals surface area (Å²) in [6.07, 6.45) is 0. The summed E-state index contributed by atoms with van der Waals surface area (Å²) in [5.74, 6) is -0.0892. The smallest absolute Gasteiger partial charge is 0.295 e. The summed E-state index contributed by atoms with van der Waals surface area (Å²) in [6, 6.07) is 11.6. The Labute approximate surface area is 139 Å². The van der Waals surface area contributed by atoms with Crippen molar-refractivity contribution in [1.29, 1.82) is 0 Å². The maximum atomic E-state index is 13.0. The summed E-state index contributed by atoms with van der Waals surface area (Å²) < 4.78 is 14.6. The number of rotatable bonds is 3. The van der Waals surface area contributed by atoms with Crippen molar-refractivity contribution in [1.82, 2.24) is 14.8 Å². The van der Waals surface area contributed by atoms with Crippen LogP contribution in [0, 0.1) is 26.6 Å². The number of amides is 1. The molecule has 0 spiro atoms. The molecule has 0 saturated carbocycles. The van der Waals surface area contributed by atoms with Crippen LogP contribution in [0.5, 0.6) is 0 Å². The number of nitrogens with zero attached hydrogens (tertiary/aromatic N) is 3. The Kier molecular flexibility index (Phi) is 4.12. The molecule has 3 rings (SSSR count). The fraction of sp³-hybridized carbons (Fsp3) is 0.167. The Morgan fingerprint density at radius 2 is 1.67 bits per heavy atom. The van der Waals surface area contributed by atoms with E-state index in [0.717, 1.165) is 16.8 Å². The Morgan fingerprint density at radius 1 is 1.04 bits per heavy atom. The van der Waals surface area contributed by atoms with Gasteiger partial charge in [0.05, 0.1) is 5.69 Å². The van der Waals surface area contributed by atoms with Crippen molar-refractivity contribution in [2.24, 2.45) is 0 Å². The lowest BCUT2D eigenvalue weighted by Gasteiger charge is -2.09. The van der Waals surface area contributed by atoms with Crippen molar-refractivity contribution in [3.8, 4) is 5.69 Å². The average molecular weight is 324 g/mol. The van der Waals surface area contributed by atoms with Gasteiger partial charge in [-0.05, 0) is 56.2 Å². The number of benzene rings is 2. The van der Waals surface area contributed by atoms with Crippen molar-refractivity contribution in [2.45, 2.75) is 20.8 Å². The van der Waals surface area contributed by atoms with Gasteiger partial charge in [0.25, 0.3) is 5.91 Å². The van der Waals surface area contributed by atoms with Crippen molar-refractivity contribution in [3.63, 3.8) is 0 Å². The van der Waals surface area contributed by atoms with Crippen LogP contribution in [-0.4, -0.2) is 20.7 Å². The summed E-state index contributed by atoms with van der Waals surface area (Å²) >= 11 is 0. The summed E-state index contributed by atoms with van der Waals surface area (Å²) in [7, 11) is 0. The van der Waals surface area contributed by atoms with Crippen LogP contribution in [0.1, 0.15) is 27.6 Å². The van der Waals surface area contributed by atoms with Gasteiger partial charge in [-0.25, -0.2) is 14.1 Å². The van der Waals surface area contributed by atoms with Crippen molar-refractivity contribution < 1.29 is 9.18 Å². The van der Waals surface area contributed by atoms with E-state index >= 15 is 0 Å². The van der Waals surface area contributed by atoms with Crippen molar-refractivity contribution in [2.75, 3.05) is 5.32 Å². The molecule has 0 bridgehead atoms. The predicted octanol–water partition coefficient (Wildman–Crippen LogP) is 3.58. The van der Waals surface area contributed by atoms with Gasteiger partial charge in [-0.1, -0.05) is 18.2 Å². The number of hydrogen-bond donors (Lipinski definition) is 1. The third kappa shape index (κ3) is 3.03. The molecule has 122 valence electrons. The van der Waals surface area contributed by atoms with Crippen LogP contribution in [0.2, 0.25) is 0 Å². The van der Waals surface area contributed by atoms with Crippen LogP contribution < -0.4 is 5.32 Å². The number of halogens is 1. The van der Waals surface area contributed by atoms with E-state index in [1.807, 2.05) is 32.0 Å². The quantitative estimate of drug-likeness (QED) is 0.801. The molecule has 0 unspecified atom stereocenters. The molecule has 3 aromatic rings. The maximum absolute atomic E-state index is 13.0. The largest absolute Gasteiger partial charge is 0.319 e. The molecule has 24 heavy (non-hydrogen) atoms. The first-order chi connectivity index (χ1) is 11.5. The highest BCUT2D eigenvalue weighted by atomic mass is 19.1. The van der Waals surface area contributed by atoms with E-state index in [1.54, 1.807) is 19.1 Å². The summed E-state index contributed by atoms with van der Waals surface area (Å²) in [6.45, 7) is 5.60. The van der Waals surface area contributed by atoms with Crippen molar-refractivity contribution in [3.05, 3.63) is 71.1 Å². The summed E-state index contributed by atoms with van der Waals surface area (Å²) in [4.78, 5) is 16.7. The number of aromatic nitrogens is 3. The Hall–Kier alpha value is -3.02. The van der Waals surface area contributed by atoms with E-state index in [2.05, 4.69) is 15.4 Å². The molecular formula is C18H17FN4O. The van der Waals surface area contributed by atoms with Gasteiger partial charge >= 0.3 is 0 Å². The van der Waals surface area contributed by atoms with Gasteiger partial charge < -0.3 is 5.32 Å². The SMILES string of the molecule is Cc1cccc(C)c1NC(=O)c1nc(C)n(-c2ccc(F)cc2)n1. The van der Waals surface area contributed by atoms with Gasteiger partial charge in [0, 0.05) is 5.69 Å². The summed E-state index contributed by atoms with van der Waals surface area (Å²) in [5, 5.41) is 7.09. The minimum Gasteiger partial charge on any atom is -0.319 e. The molecule has 0 atom stereocenters. The number of carbonyl (C=O) groups excluding carboxylic acids is 1. The average Bonchev–Trinajstić information content (AvgIpc) is 2.94. The van der Waals surface area contributed by atoms with Gasteiger partial charge in [-0.3, -0.25) is 4.79 Å². The molecule has 0 fully saturated rings. The maximum Gasteiger partial charge on any atom is 0.295 e. The second kappa shape index (κ2) is 6.23. The minimum absolute atomic E-state index is 0.0690. The van der Waals surface area contributed by atoms with Crippen LogP contribution in [0.25, 0.3) is 5.69 Å². The highest BCUT2D eigenvalue weighted by Gasteiger charge is 2.17. The first kappa shape index (κ1) is 15.9. The zero-order valence-corrected chi connectivity index (χ0v) is 13.7. The zero-order valence-electron chi connectivity index (χ0n) is 13.7. The molecule has 1 aromatic heterocycles. The number of hydrogen-bond acceptors (Lipinski definition) is 3. The number of anilines is 1. The van der Waals surface area contributed by atoms with Gasteiger partial charge in [0.2, 0.25) is 5.82 Å². The van der Waals surface area contributed by atoms with Crippen LogP contribution >= 0.6 is 0 Å². The molecular weight excluding hydrogens is 307 g/mol. The molecule has 5 nitrogen and oxygen atoms in total. The zero-order chi connectivity index (χ0) is 17.3. The molecule has 0 radical (unpaired) electrons. The second-order valence-electron chi connectivity index (χ2n) is 5.59. The first-order valence-electron chi connectivity index (χ1n) is 7.53. The number of aryl methyl sites for hydroxylation is 3. The molecule has 1 N–H and O–H groups in total. The normalized spacial score (nSPS) is 10.7. The van der Waals surface area contributed by atoms with E-state index in [4.69, 9.17) is 0 Å². The molecule has 0 saturated heterocycles.